The molecule has 0 fully saturated rings. The molecule has 11 heteroatoms. The second-order valence-electron chi connectivity index (χ2n) is 8.38. The first-order valence-corrected chi connectivity index (χ1v) is 13.6. The number of carbonyl (C=O) groups is 2. The maximum absolute atomic E-state index is 12.6. The summed E-state index contributed by atoms with van der Waals surface area (Å²) in [5, 5.41) is 8.03. The number of aromatic nitrogens is 1. The Hall–Kier alpha value is -4.90. The van der Waals surface area contributed by atoms with Gasteiger partial charge in [-0.25, -0.2) is 13.2 Å². The summed E-state index contributed by atoms with van der Waals surface area (Å²) in [6, 6.07) is 21.0. The number of benzene rings is 3. The van der Waals surface area contributed by atoms with Gasteiger partial charge in [0.15, 0.2) is 9.84 Å². The minimum Gasteiger partial charge on any atom is -0.496 e. The number of sulfone groups is 1. The number of methoxy groups -OCH3 is 1. The highest BCUT2D eigenvalue weighted by molar-refractivity contribution is 7.90. The minimum atomic E-state index is -3.41. The van der Waals surface area contributed by atoms with Crippen molar-refractivity contribution in [1.82, 2.24) is 10.3 Å². The standard InChI is InChI=1S/C28H26N4O6S/c1-29-27(33)25-16-22(13-14-30-25)38-21-9-7-19(8-10-21)31-28(34)32-20-6-4-5-18(15-20)24-17-23(39(3,35)36)11-12-26(24)37-2/h4-17H,1-3H3,(H,29,33)(H2,31,32,34). The van der Waals surface area contributed by atoms with Crippen LogP contribution in [-0.2, 0) is 9.84 Å². The van der Waals surface area contributed by atoms with Crippen LogP contribution in [0.5, 0.6) is 17.2 Å². The third-order valence-corrected chi connectivity index (χ3v) is 6.68. The van der Waals surface area contributed by atoms with Gasteiger partial charge in [-0.2, -0.15) is 0 Å². The van der Waals surface area contributed by atoms with Gasteiger partial charge in [-0.05, 0) is 66.2 Å². The fourth-order valence-electron chi connectivity index (χ4n) is 3.67. The van der Waals surface area contributed by atoms with Crippen molar-refractivity contribution in [2.45, 2.75) is 4.90 Å². The predicted molar refractivity (Wildman–Crippen MR) is 148 cm³/mol. The summed E-state index contributed by atoms with van der Waals surface area (Å²) >= 11 is 0. The van der Waals surface area contributed by atoms with Gasteiger partial charge in [0.25, 0.3) is 5.91 Å². The van der Waals surface area contributed by atoms with Gasteiger partial charge in [0, 0.05) is 42.5 Å². The molecule has 0 unspecified atom stereocenters. The summed E-state index contributed by atoms with van der Waals surface area (Å²) in [5.74, 6) is 1.13. The van der Waals surface area contributed by atoms with Crippen molar-refractivity contribution in [3.05, 3.63) is 90.8 Å². The zero-order valence-electron chi connectivity index (χ0n) is 21.4. The van der Waals surface area contributed by atoms with E-state index in [2.05, 4.69) is 20.9 Å². The van der Waals surface area contributed by atoms with E-state index >= 15 is 0 Å². The van der Waals surface area contributed by atoms with E-state index in [1.807, 2.05) is 0 Å². The Bertz CT molecular complexity index is 1620. The molecule has 4 rings (SSSR count). The summed E-state index contributed by atoms with van der Waals surface area (Å²) in [6.45, 7) is 0. The fraction of sp³-hybridized carbons (Fsp3) is 0.107. The monoisotopic (exact) mass is 546 g/mol. The number of carbonyl (C=O) groups excluding carboxylic acids is 2. The van der Waals surface area contributed by atoms with Crippen molar-refractivity contribution >= 4 is 33.2 Å². The molecule has 0 saturated heterocycles. The molecule has 0 bridgehead atoms. The van der Waals surface area contributed by atoms with Crippen LogP contribution in [0.4, 0.5) is 16.2 Å². The number of rotatable bonds is 8. The van der Waals surface area contributed by atoms with Gasteiger partial charge in [0.05, 0.1) is 12.0 Å². The molecule has 0 saturated carbocycles. The first kappa shape index (κ1) is 27.1. The van der Waals surface area contributed by atoms with Crippen LogP contribution < -0.4 is 25.4 Å². The van der Waals surface area contributed by atoms with Crippen LogP contribution in [0.1, 0.15) is 10.5 Å². The van der Waals surface area contributed by atoms with E-state index in [4.69, 9.17) is 9.47 Å². The average Bonchev–Trinajstić information content (AvgIpc) is 2.93. The van der Waals surface area contributed by atoms with E-state index in [1.54, 1.807) is 66.7 Å². The van der Waals surface area contributed by atoms with E-state index in [9.17, 15) is 18.0 Å². The zero-order chi connectivity index (χ0) is 28.0. The minimum absolute atomic E-state index is 0.164. The molecule has 0 aliphatic heterocycles. The van der Waals surface area contributed by atoms with Gasteiger partial charge in [0.2, 0.25) is 0 Å². The molecule has 1 aromatic heterocycles. The Labute approximate surface area is 225 Å². The van der Waals surface area contributed by atoms with Crippen molar-refractivity contribution in [3.63, 3.8) is 0 Å². The molecule has 39 heavy (non-hydrogen) atoms. The van der Waals surface area contributed by atoms with Crippen LogP contribution >= 0.6 is 0 Å². The van der Waals surface area contributed by atoms with E-state index in [-0.39, 0.29) is 16.5 Å². The quantitative estimate of drug-likeness (QED) is 0.284. The van der Waals surface area contributed by atoms with Crippen LogP contribution in [0.3, 0.4) is 0 Å². The summed E-state index contributed by atoms with van der Waals surface area (Å²) in [6.07, 6.45) is 2.62. The number of pyridine rings is 1. The Balaban J connectivity index is 1.43. The summed E-state index contributed by atoms with van der Waals surface area (Å²) in [7, 11) is -0.388. The van der Waals surface area contributed by atoms with E-state index in [0.29, 0.717) is 39.8 Å². The molecular weight excluding hydrogens is 520 g/mol. The van der Waals surface area contributed by atoms with Crippen molar-refractivity contribution in [1.29, 1.82) is 0 Å². The lowest BCUT2D eigenvalue weighted by atomic mass is 10.0. The van der Waals surface area contributed by atoms with Crippen LogP contribution in [0, 0.1) is 0 Å². The molecular formula is C28H26N4O6S. The molecule has 0 aliphatic rings. The molecule has 0 spiro atoms. The molecule has 3 amide bonds. The highest BCUT2D eigenvalue weighted by Crippen LogP contribution is 2.33. The lowest BCUT2D eigenvalue weighted by Gasteiger charge is -2.13. The van der Waals surface area contributed by atoms with Gasteiger partial charge in [0.1, 0.15) is 22.9 Å². The van der Waals surface area contributed by atoms with Gasteiger partial charge in [-0.1, -0.05) is 12.1 Å². The second kappa shape index (κ2) is 11.7. The Morgan fingerprint density at radius 2 is 1.59 bits per heavy atom. The SMILES string of the molecule is CNC(=O)c1cc(Oc2ccc(NC(=O)Nc3cccc(-c4cc(S(C)(=O)=O)ccc4OC)c3)cc2)ccn1. The third-order valence-electron chi connectivity index (χ3n) is 5.57. The topological polar surface area (TPSA) is 136 Å². The van der Waals surface area contributed by atoms with Gasteiger partial charge in [-0.3, -0.25) is 9.78 Å². The van der Waals surface area contributed by atoms with E-state index in [1.165, 1.54) is 32.5 Å². The number of nitrogens with zero attached hydrogens (tertiary/aromatic N) is 1. The fourth-order valence-corrected chi connectivity index (χ4v) is 4.32. The molecule has 3 N–H and O–H groups in total. The summed E-state index contributed by atoms with van der Waals surface area (Å²) in [4.78, 5) is 28.6. The maximum Gasteiger partial charge on any atom is 0.323 e. The Morgan fingerprint density at radius 1 is 0.846 bits per heavy atom. The second-order valence-corrected chi connectivity index (χ2v) is 10.4. The maximum atomic E-state index is 12.6. The highest BCUT2D eigenvalue weighted by Gasteiger charge is 2.14. The van der Waals surface area contributed by atoms with Gasteiger partial charge in [-0.15, -0.1) is 0 Å². The largest absolute Gasteiger partial charge is 0.496 e. The van der Waals surface area contributed by atoms with E-state index < -0.39 is 15.9 Å². The van der Waals surface area contributed by atoms with Gasteiger partial charge >= 0.3 is 6.03 Å². The molecule has 200 valence electrons. The number of nitrogens with one attached hydrogen (secondary N) is 3. The van der Waals surface area contributed by atoms with Gasteiger partial charge < -0.3 is 25.4 Å². The number of ether oxygens (including phenoxy) is 2. The predicted octanol–water partition coefficient (Wildman–Crippen LogP) is 4.96. The molecule has 3 aromatic carbocycles. The van der Waals surface area contributed by atoms with Crippen molar-refractivity contribution < 1.29 is 27.5 Å². The zero-order valence-corrected chi connectivity index (χ0v) is 22.2. The molecule has 0 radical (unpaired) electrons. The number of anilines is 2. The van der Waals surface area contributed by atoms with Crippen LogP contribution in [0.25, 0.3) is 11.1 Å². The van der Waals surface area contributed by atoms with Crippen LogP contribution in [0.2, 0.25) is 0 Å². The van der Waals surface area contributed by atoms with Crippen LogP contribution in [-0.4, -0.2) is 45.8 Å². The first-order valence-electron chi connectivity index (χ1n) is 11.7. The molecule has 10 nitrogen and oxygen atoms in total. The summed E-state index contributed by atoms with van der Waals surface area (Å²) < 4.78 is 35.3. The number of hydrogen-bond donors (Lipinski definition) is 3. The highest BCUT2D eigenvalue weighted by atomic mass is 32.2. The lowest BCUT2D eigenvalue weighted by molar-refractivity contribution is 0.0957. The molecule has 1 heterocycles. The van der Waals surface area contributed by atoms with Crippen LogP contribution in [0.15, 0.2) is 90.0 Å². The van der Waals surface area contributed by atoms with Crippen molar-refractivity contribution in [2.75, 3.05) is 31.0 Å². The van der Waals surface area contributed by atoms with E-state index in [0.717, 1.165) is 6.26 Å². The molecule has 4 aromatic rings. The lowest BCUT2D eigenvalue weighted by Crippen LogP contribution is -2.19. The first-order chi connectivity index (χ1) is 18.7. The van der Waals surface area contributed by atoms with Crippen molar-refractivity contribution in [2.24, 2.45) is 0 Å². The number of urea groups is 1. The number of amides is 3. The Morgan fingerprint density at radius 3 is 2.28 bits per heavy atom. The molecule has 0 aliphatic carbocycles. The van der Waals surface area contributed by atoms with Crippen molar-refractivity contribution in [3.8, 4) is 28.4 Å². The number of hydrogen-bond acceptors (Lipinski definition) is 7. The normalized spacial score (nSPS) is 10.8. The molecule has 0 atom stereocenters. The Kier molecular flexibility index (Phi) is 8.11. The smallest absolute Gasteiger partial charge is 0.323 e. The average molecular weight is 547 g/mol. The summed E-state index contributed by atoms with van der Waals surface area (Å²) in [5.41, 5.74) is 2.51. The third kappa shape index (κ3) is 6.90.